The summed E-state index contributed by atoms with van der Waals surface area (Å²) in [4.78, 5) is 11.4. The number of nitrogens with one attached hydrogen (secondary N) is 1. The number of nitrogens with zero attached hydrogens (tertiary/aromatic N) is 1. The molecule has 1 amide bonds. The number of unbranched alkanes of at least 4 members (excludes halogenated alkanes) is 4. The van der Waals surface area contributed by atoms with Gasteiger partial charge in [-0.3, -0.25) is 4.79 Å². The molecule has 0 bridgehead atoms. The predicted octanol–water partition coefficient (Wildman–Crippen LogP) is 3.39. The molecule has 1 aliphatic rings. The lowest BCUT2D eigenvalue weighted by Gasteiger charge is -2.01. The van der Waals surface area contributed by atoms with E-state index in [-0.39, 0.29) is 5.91 Å². The Bertz CT molecular complexity index is 228. The fraction of sp³-hybridized carbons (Fsp3) is 0.846. The molecular weight excluding hydrogens is 200 g/mol. The summed E-state index contributed by atoms with van der Waals surface area (Å²) in [5.41, 5.74) is 3.83. The van der Waals surface area contributed by atoms with Gasteiger partial charge in [-0.1, -0.05) is 32.6 Å². The average molecular weight is 224 g/mol. The van der Waals surface area contributed by atoms with Crippen LogP contribution in [0.15, 0.2) is 5.10 Å². The van der Waals surface area contributed by atoms with E-state index in [9.17, 15) is 4.79 Å². The lowest BCUT2D eigenvalue weighted by Crippen LogP contribution is -2.18. The Hall–Kier alpha value is -0.860. The Balaban J connectivity index is 2.00. The molecule has 1 rings (SSSR count). The third kappa shape index (κ3) is 5.89. The van der Waals surface area contributed by atoms with Gasteiger partial charge in [-0.05, 0) is 32.1 Å². The minimum Gasteiger partial charge on any atom is -0.273 e. The van der Waals surface area contributed by atoms with Gasteiger partial charge in [0.1, 0.15) is 0 Å². The molecule has 0 atom stereocenters. The second kappa shape index (κ2) is 8.31. The zero-order valence-corrected chi connectivity index (χ0v) is 10.4. The lowest BCUT2D eigenvalue weighted by molar-refractivity contribution is -0.121. The maximum Gasteiger partial charge on any atom is 0.240 e. The number of rotatable bonds is 7. The summed E-state index contributed by atoms with van der Waals surface area (Å²) in [6.45, 7) is 2.20. The SMILES string of the molecule is CCCCCCCC(=O)NN=C1CCCC1. The second-order valence-electron chi connectivity index (χ2n) is 4.58. The van der Waals surface area contributed by atoms with Crippen LogP contribution in [0.2, 0.25) is 0 Å². The van der Waals surface area contributed by atoms with Crippen molar-refractivity contribution in [1.82, 2.24) is 5.43 Å². The number of amides is 1. The van der Waals surface area contributed by atoms with E-state index in [0.29, 0.717) is 6.42 Å². The van der Waals surface area contributed by atoms with E-state index >= 15 is 0 Å². The van der Waals surface area contributed by atoms with Crippen molar-refractivity contribution in [3.8, 4) is 0 Å². The summed E-state index contributed by atoms with van der Waals surface area (Å²) in [7, 11) is 0. The maximum atomic E-state index is 11.4. The number of carbonyl (C=O) groups excluding carboxylic acids is 1. The van der Waals surface area contributed by atoms with E-state index in [0.717, 1.165) is 25.7 Å². The van der Waals surface area contributed by atoms with E-state index < -0.39 is 0 Å². The molecule has 0 aliphatic heterocycles. The Morgan fingerprint density at radius 2 is 1.88 bits per heavy atom. The van der Waals surface area contributed by atoms with Crippen molar-refractivity contribution in [1.29, 1.82) is 0 Å². The first kappa shape index (κ1) is 13.2. The Morgan fingerprint density at radius 3 is 2.56 bits per heavy atom. The van der Waals surface area contributed by atoms with Gasteiger partial charge in [0, 0.05) is 12.1 Å². The summed E-state index contributed by atoms with van der Waals surface area (Å²) >= 11 is 0. The number of hydrogen-bond acceptors (Lipinski definition) is 2. The van der Waals surface area contributed by atoms with E-state index in [4.69, 9.17) is 0 Å². The molecule has 0 spiro atoms. The molecule has 0 heterocycles. The summed E-state index contributed by atoms with van der Waals surface area (Å²) in [5, 5.41) is 4.16. The van der Waals surface area contributed by atoms with Crippen LogP contribution < -0.4 is 5.43 Å². The molecule has 1 aliphatic carbocycles. The van der Waals surface area contributed by atoms with Gasteiger partial charge in [0.05, 0.1) is 0 Å². The largest absolute Gasteiger partial charge is 0.273 e. The molecule has 0 aromatic heterocycles. The fourth-order valence-corrected chi connectivity index (χ4v) is 1.98. The summed E-state index contributed by atoms with van der Waals surface area (Å²) in [6, 6.07) is 0. The van der Waals surface area contributed by atoms with Gasteiger partial charge < -0.3 is 0 Å². The molecule has 0 radical (unpaired) electrons. The van der Waals surface area contributed by atoms with Crippen LogP contribution in [0.25, 0.3) is 0 Å². The predicted molar refractivity (Wildman–Crippen MR) is 67.4 cm³/mol. The van der Waals surface area contributed by atoms with E-state index in [2.05, 4.69) is 17.5 Å². The zero-order valence-electron chi connectivity index (χ0n) is 10.4. The van der Waals surface area contributed by atoms with Crippen molar-refractivity contribution in [2.45, 2.75) is 71.1 Å². The van der Waals surface area contributed by atoms with E-state index in [1.807, 2.05) is 0 Å². The molecule has 0 saturated heterocycles. The first-order valence-electron chi connectivity index (χ1n) is 6.67. The van der Waals surface area contributed by atoms with E-state index in [1.54, 1.807) is 0 Å². The van der Waals surface area contributed by atoms with Crippen LogP contribution in [0.5, 0.6) is 0 Å². The highest BCUT2D eigenvalue weighted by Gasteiger charge is 2.08. The van der Waals surface area contributed by atoms with Crippen molar-refractivity contribution in [3.05, 3.63) is 0 Å². The quantitative estimate of drug-likeness (QED) is 0.522. The second-order valence-corrected chi connectivity index (χ2v) is 4.58. The molecule has 0 unspecified atom stereocenters. The van der Waals surface area contributed by atoms with Gasteiger partial charge >= 0.3 is 0 Å². The van der Waals surface area contributed by atoms with Crippen molar-refractivity contribution in [3.63, 3.8) is 0 Å². The third-order valence-corrected chi connectivity index (χ3v) is 3.03. The maximum absolute atomic E-state index is 11.4. The van der Waals surface area contributed by atoms with Gasteiger partial charge in [-0.2, -0.15) is 5.10 Å². The molecule has 92 valence electrons. The average Bonchev–Trinajstić information content (AvgIpc) is 2.79. The van der Waals surface area contributed by atoms with Crippen LogP contribution >= 0.6 is 0 Å². The lowest BCUT2D eigenvalue weighted by atomic mass is 10.1. The van der Waals surface area contributed by atoms with E-state index in [1.165, 1.54) is 37.8 Å². The highest BCUT2D eigenvalue weighted by Crippen LogP contribution is 2.13. The van der Waals surface area contributed by atoms with Crippen LogP contribution in [-0.2, 0) is 4.79 Å². The Kier molecular flexibility index (Phi) is 6.86. The van der Waals surface area contributed by atoms with Crippen LogP contribution in [0.3, 0.4) is 0 Å². The molecule has 0 aromatic rings. The third-order valence-electron chi connectivity index (χ3n) is 3.03. The van der Waals surface area contributed by atoms with Crippen LogP contribution in [-0.4, -0.2) is 11.6 Å². The monoisotopic (exact) mass is 224 g/mol. The zero-order chi connectivity index (χ0) is 11.6. The van der Waals surface area contributed by atoms with Crippen molar-refractivity contribution in [2.75, 3.05) is 0 Å². The highest BCUT2D eigenvalue weighted by molar-refractivity contribution is 5.87. The van der Waals surface area contributed by atoms with Gasteiger partial charge in [-0.15, -0.1) is 0 Å². The molecule has 16 heavy (non-hydrogen) atoms. The molecule has 3 heteroatoms. The van der Waals surface area contributed by atoms with Gasteiger partial charge in [0.2, 0.25) is 5.91 Å². The van der Waals surface area contributed by atoms with Gasteiger partial charge in [-0.25, -0.2) is 5.43 Å². The summed E-state index contributed by atoms with van der Waals surface area (Å²) in [6.07, 6.45) is 11.2. The number of carbonyl (C=O) groups is 1. The summed E-state index contributed by atoms with van der Waals surface area (Å²) in [5.74, 6) is 0.0795. The molecular formula is C13H24N2O. The summed E-state index contributed by atoms with van der Waals surface area (Å²) < 4.78 is 0. The van der Waals surface area contributed by atoms with Crippen molar-refractivity contribution in [2.24, 2.45) is 5.10 Å². The molecule has 1 N–H and O–H groups in total. The first-order valence-corrected chi connectivity index (χ1v) is 6.67. The van der Waals surface area contributed by atoms with Crippen molar-refractivity contribution < 1.29 is 4.79 Å². The smallest absolute Gasteiger partial charge is 0.240 e. The molecule has 0 aromatic carbocycles. The standard InChI is InChI=1S/C13H24N2O/c1-2-3-4-5-6-11-13(16)15-14-12-9-7-8-10-12/h2-11H2,1H3,(H,15,16). The van der Waals surface area contributed by atoms with Gasteiger partial charge in [0.15, 0.2) is 0 Å². The first-order chi connectivity index (χ1) is 7.83. The van der Waals surface area contributed by atoms with Gasteiger partial charge in [0.25, 0.3) is 0 Å². The topological polar surface area (TPSA) is 41.5 Å². The Labute approximate surface area is 98.7 Å². The number of hydrazone groups is 1. The molecule has 1 fully saturated rings. The molecule has 3 nitrogen and oxygen atoms in total. The molecule has 1 saturated carbocycles. The van der Waals surface area contributed by atoms with Crippen molar-refractivity contribution >= 4 is 11.6 Å². The van der Waals surface area contributed by atoms with Crippen LogP contribution in [0, 0.1) is 0 Å². The van der Waals surface area contributed by atoms with Crippen LogP contribution in [0.1, 0.15) is 71.1 Å². The van der Waals surface area contributed by atoms with Crippen LogP contribution in [0.4, 0.5) is 0 Å². The fourth-order valence-electron chi connectivity index (χ4n) is 1.98. The highest BCUT2D eigenvalue weighted by atomic mass is 16.2. The minimum absolute atomic E-state index is 0.0795. The normalized spacial score (nSPS) is 15.2. The number of hydrogen-bond donors (Lipinski definition) is 1. The minimum atomic E-state index is 0.0795. The Morgan fingerprint density at radius 1 is 1.19 bits per heavy atom.